The van der Waals surface area contributed by atoms with Gasteiger partial charge in [-0.05, 0) is 37.9 Å². The lowest BCUT2D eigenvalue weighted by atomic mass is 10.1. The highest BCUT2D eigenvalue weighted by Gasteiger charge is 2.12. The molecule has 0 bridgehead atoms. The van der Waals surface area contributed by atoms with Crippen LogP contribution in [-0.2, 0) is 16.6 Å². The van der Waals surface area contributed by atoms with Crippen LogP contribution >= 0.6 is 0 Å². The van der Waals surface area contributed by atoms with Crippen molar-refractivity contribution in [2.75, 3.05) is 25.9 Å². The van der Waals surface area contributed by atoms with Gasteiger partial charge in [0.05, 0.1) is 6.26 Å². The van der Waals surface area contributed by atoms with E-state index < -0.39 is 10.0 Å². The van der Waals surface area contributed by atoms with Crippen molar-refractivity contribution in [1.82, 2.24) is 9.62 Å². The summed E-state index contributed by atoms with van der Waals surface area (Å²) in [5.41, 5.74) is 3.86. The third kappa shape index (κ3) is 5.61. The number of aryl methyl sites for hydroxylation is 2. The van der Waals surface area contributed by atoms with Crippen LogP contribution in [0.5, 0.6) is 0 Å². The van der Waals surface area contributed by atoms with Gasteiger partial charge in [-0.1, -0.05) is 30.7 Å². The molecule has 0 atom stereocenters. The maximum Gasteiger partial charge on any atom is 0.211 e. The molecule has 5 heteroatoms. The number of hydrogen-bond acceptors (Lipinski definition) is 3. The predicted molar refractivity (Wildman–Crippen MR) is 84.3 cm³/mol. The van der Waals surface area contributed by atoms with Gasteiger partial charge >= 0.3 is 0 Å². The van der Waals surface area contributed by atoms with Crippen LogP contribution in [0.2, 0.25) is 0 Å². The predicted octanol–water partition coefficient (Wildman–Crippen LogP) is 2.06. The van der Waals surface area contributed by atoms with Crippen molar-refractivity contribution in [3.8, 4) is 0 Å². The van der Waals surface area contributed by atoms with Crippen molar-refractivity contribution in [3.05, 3.63) is 34.9 Å². The molecule has 4 nitrogen and oxygen atoms in total. The fourth-order valence-corrected chi connectivity index (χ4v) is 3.08. The molecule has 0 spiro atoms. The zero-order valence-electron chi connectivity index (χ0n) is 12.9. The van der Waals surface area contributed by atoms with Crippen molar-refractivity contribution < 1.29 is 8.42 Å². The van der Waals surface area contributed by atoms with Gasteiger partial charge in [0.2, 0.25) is 10.0 Å². The molecule has 1 rings (SSSR count). The number of nitrogens with zero attached hydrogens (tertiary/aromatic N) is 1. The molecule has 114 valence electrons. The van der Waals surface area contributed by atoms with E-state index in [0.717, 1.165) is 19.5 Å². The fourth-order valence-electron chi connectivity index (χ4n) is 2.15. The second-order valence-corrected chi connectivity index (χ2v) is 7.20. The lowest BCUT2D eigenvalue weighted by Crippen LogP contribution is -2.32. The fraction of sp³-hybridized carbons (Fsp3) is 0.600. The van der Waals surface area contributed by atoms with Crippen molar-refractivity contribution in [1.29, 1.82) is 0 Å². The first kappa shape index (κ1) is 17.1. The molecule has 0 fully saturated rings. The van der Waals surface area contributed by atoms with E-state index in [1.807, 2.05) is 6.92 Å². The zero-order valence-corrected chi connectivity index (χ0v) is 13.8. The topological polar surface area (TPSA) is 49.4 Å². The molecule has 0 unspecified atom stereocenters. The van der Waals surface area contributed by atoms with Crippen LogP contribution in [0.1, 0.15) is 30.0 Å². The third-order valence-corrected chi connectivity index (χ3v) is 4.78. The summed E-state index contributed by atoms with van der Waals surface area (Å²) in [6.07, 6.45) is 2.09. The van der Waals surface area contributed by atoms with Crippen LogP contribution in [0, 0.1) is 13.8 Å². The van der Waals surface area contributed by atoms with E-state index in [2.05, 4.69) is 37.4 Å². The van der Waals surface area contributed by atoms with Gasteiger partial charge in [0.15, 0.2) is 0 Å². The Morgan fingerprint density at radius 1 is 1.25 bits per heavy atom. The van der Waals surface area contributed by atoms with E-state index >= 15 is 0 Å². The average Bonchev–Trinajstić information content (AvgIpc) is 2.36. The van der Waals surface area contributed by atoms with Gasteiger partial charge in [0.25, 0.3) is 0 Å². The van der Waals surface area contributed by atoms with E-state index in [0.29, 0.717) is 13.1 Å². The van der Waals surface area contributed by atoms with E-state index in [-0.39, 0.29) is 0 Å². The molecule has 0 amide bonds. The van der Waals surface area contributed by atoms with Crippen molar-refractivity contribution in [2.45, 2.75) is 33.7 Å². The van der Waals surface area contributed by atoms with Gasteiger partial charge in [-0.2, -0.15) is 0 Å². The molecule has 1 aromatic carbocycles. The van der Waals surface area contributed by atoms with Crippen molar-refractivity contribution >= 4 is 10.0 Å². The van der Waals surface area contributed by atoms with Gasteiger partial charge in [-0.15, -0.1) is 0 Å². The molecule has 0 saturated carbocycles. The van der Waals surface area contributed by atoms with Crippen LogP contribution < -0.4 is 5.32 Å². The highest BCUT2D eigenvalue weighted by atomic mass is 32.2. The summed E-state index contributed by atoms with van der Waals surface area (Å²) in [4.78, 5) is 0. The van der Waals surface area contributed by atoms with Crippen LogP contribution in [0.15, 0.2) is 18.2 Å². The first-order valence-corrected chi connectivity index (χ1v) is 8.91. The molecule has 0 aliphatic rings. The van der Waals surface area contributed by atoms with Crippen LogP contribution in [0.25, 0.3) is 0 Å². The Labute approximate surface area is 123 Å². The highest BCUT2D eigenvalue weighted by molar-refractivity contribution is 7.88. The van der Waals surface area contributed by atoms with Gasteiger partial charge in [-0.3, -0.25) is 0 Å². The number of benzene rings is 1. The van der Waals surface area contributed by atoms with Crippen molar-refractivity contribution in [3.63, 3.8) is 0 Å². The van der Waals surface area contributed by atoms with Gasteiger partial charge in [-0.25, -0.2) is 12.7 Å². The molecule has 0 aliphatic heterocycles. The molecular weight excluding hydrogens is 272 g/mol. The highest BCUT2D eigenvalue weighted by Crippen LogP contribution is 2.10. The van der Waals surface area contributed by atoms with E-state index in [9.17, 15) is 8.42 Å². The van der Waals surface area contributed by atoms with Crippen LogP contribution in [0.4, 0.5) is 0 Å². The Morgan fingerprint density at radius 3 is 2.55 bits per heavy atom. The quantitative estimate of drug-likeness (QED) is 0.747. The minimum absolute atomic E-state index is 0.538. The van der Waals surface area contributed by atoms with Gasteiger partial charge in [0, 0.05) is 19.6 Å². The number of hydrogen-bond donors (Lipinski definition) is 1. The van der Waals surface area contributed by atoms with E-state index in [4.69, 9.17) is 0 Å². The normalized spacial score (nSPS) is 12.1. The molecule has 1 aromatic rings. The molecule has 0 aliphatic carbocycles. The molecule has 0 heterocycles. The minimum Gasteiger partial charge on any atom is -0.313 e. The van der Waals surface area contributed by atoms with Crippen LogP contribution in [-0.4, -0.2) is 38.6 Å². The molecule has 20 heavy (non-hydrogen) atoms. The Kier molecular flexibility index (Phi) is 6.65. The Hall–Kier alpha value is -0.910. The monoisotopic (exact) mass is 298 g/mol. The Balaban J connectivity index is 2.34. The van der Waals surface area contributed by atoms with Crippen LogP contribution in [0.3, 0.4) is 0 Å². The Bertz CT molecular complexity index is 527. The maximum atomic E-state index is 11.4. The number of rotatable bonds is 8. The maximum absolute atomic E-state index is 11.4. The summed E-state index contributed by atoms with van der Waals surface area (Å²) in [5, 5.41) is 3.38. The summed E-state index contributed by atoms with van der Waals surface area (Å²) in [6.45, 7) is 8.83. The lowest BCUT2D eigenvalue weighted by Gasteiger charge is -2.17. The molecular formula is C15H26N2O2S. The second kappa shape index (κ2) is 7.76. The molecule has 0 saturated heterocycles. The SMILES string of the molecule is CCN(CCCNCc1cc(C)ccc1C)S(C)(=O)=O. The summed E-state index contributed by atoms with van der Waals surface area (Å²) in [6, 6.07) is 6.44. The third-order valence-electron chi connectivity index (χ3n) is 3.40. The summed E-state index contributed by atoms with van der Waals surface area (Å²) >= 11 is 0. The van der Waals surface area contributed by atoms with Gasteiger partial charge < -0.3 is 5.32 Å². The summed E-state index contributed by atoms with van der Waals surface area (Å²) < 4.78 is 24.4. The summed E-state index contributed by atoms with van der Waals surface area (Å²) in [5.74, 6) is 0. The van der Waals surface area contributed by atoms with Crippen molar-refractivity contribution in [2.24, 2.45) is 0 Å². The molecule has 0 radical (unpaired) electrons. The first-order valence-electron chi connectivity index (χ1n) is 7.06. The van der Waals surface area contributed by atoms with E-state index in [1.165, 1.54) is 27.3 Å². The standard InChI is InChI=1S/C15H26N2O2S/c1-5-17(20(4,18)19)10-6-9-16-12-15-11-13(2)7-8-14(15)3/h7-8,11,16H,5-6,9-10,12H2,1-4H3. The summed E-state index contributed by atoms with van der Waals surface area (Å²) in [7, 11) is -3.06. The van der Waals surface area contributed by atoms with E-state index in [1.54, 1.807) is 0 Å². The molecule has 0 aromatic heterocycles. The van der Waals surface area contributed by atoms with Gasteiger partial charge in [0.1, 0.15) is 0 Å². The largest absolute Gasteiger partial charge is 0.313 e. The zero-order chi connectivity index (χ0) is 15.2. The number of nitrogens with one attached hydrogen (secondary N) is 1. The first-order chi connectivity index (χ1) is 9.34. The second-order valence-electron chi connectivity index (χ2n) is 5.21. The minimum atomic E-state index is -3.06. The average molecular weight is 298 g/mol. The smallest absolute Gasteiger partial charge is 0.211 e. The number of sulfonamides is 1. The molecule has 1 N–H and O–H groups in total. The lowest BCUT2D eigenvalue weighted by molar-refractivity contribution is 0.419. The Morgan fingerprint density at radius 2 is 1.95 bits per heavy atom.